The molecule has 98 valence electrons. The van der Waals surface area contributed by atoms with Crippen molar-refractivity contribution < 1.29 is 23.9 Å². The average Bonchev–Trinajstić information content (AvgIpc) is 1.95. The summed E-state index contributed by atoms with van der Waals surface area (Å²) in [6.45, 7) is 3.97. The van der Waals surface area contributed by atoms with Gasteiger partial charge in [-0.15, -0.1) is 0 Å². The van der Waals surface area contributed by atoms with Crippen LogP contribution in [0.5, 0.6) is 0 Å². The van der Waals surface area contributed by atoms with Crippen molar-refractivity contribution in [1.29, 1.82) is 0 Å². The Hall–Kier alpha value is -1.36. The molecule has 5 nitrogen and oxygen atoms in total. The van der Waals surface area contributed by atoms with Crippen LogP contribution in [0.2, 0.25) is 0 Å². The Labute approximate surface area is 102 Å². The number of allylic oxidation sites excluding steroid dienone is 1. The third-order valence-corrected chi connectivity index (χ3v) is 1.84. The van der Waals surface area contributed by atoms with E-state index < -0.39 is 18.0 Å². The second-order valence-electron chi connectivity index (χ2n) is 5.33. The maximum absolute atomic E-state index is 11.4. The topological polar surface area (TPSA) is 66.4 Å². The Kier molecular flexibility index (Phi) is 5.88. The summed E-state index contributed by atoms with van der Waals surface area (Å²) in [6, 6.07) is 0. The molecule has 17 heavy (non-hydrogen) atoms. The molecule has 1 unspecified atom stereocenters. The molecule has 0 aliphatic heterocycles. The molecule has 5 heteroatoms. The number of hydrogen-bond acceptors (Lipinski definition) is 4. The number of carboxylic acid groups (broad SMARTS) is 1. The summed E-state index contributed by atoms with van der Waals surface area (Å²) >= 11 is 0. The molecule has 0 aromatic heterocycles. The van der Waals surface area contributed by atoms with Crippen molar-refractivity contribution in [2.24, 2.45) is 0 Å². The first-order chi connectivity index (χ1) is 7.60. The molecule has 0 aliphatic carbocycles. The fourth-order valence-corrected chi connectivity index (χ4v) is 1.37. The number of carbonyl (C=O) groups is 2. The molecule has 0 saturated heterocycles. The van der Waals surface area contributed by atoms with Gasteiger partial charge >= 0.3 is 5.97 Å². The van der Waals surface area contributed by atoms with Crippen LogP contribution in [0.3, 0.4) is 0 Å². The summed E-state index contributed by atoms with van der Waals surface area (Å²) in [7, 11) is 5.70. The van der Waals surface area contributed by atoms with E-state index in [-0.39, 0.29) is 6.42 Å². The molecule has 0 N–H and O–H groups in total. The number of nitrogens with zero attached hydrogens (tertiary/aromatic N) is 1. The second kappa shape index (κ2) is 6.39. The van der Waals surface area contributed by atoms with Gasteiger partial charge in [-0.3, -0.25) is 0 Å². The number of aliphatic carboxylic acids is 1. The number of likely N-dealkylation sites (N-methyl/N-ethyl adjacent to an activating group) is 1. The highest BCUT2D eigenvalue weighted by molar-refractivity contribution is 5.83. The minimum atomic E-state index is -1.21. The Morgan fingerprint density at radius 2 is 1.82 bits per heavy atom. The summed E-state index contributed by atoms with van der Waals surface area (Å²) in [5.41, 5.74) is 0.812. The Balaban J connectivity index is 4.54. The molecule has 0 aromatic carbocycles. The highest BCUT2D eigenvalue weighted by Crippen LogP contribution is 2.05. The normalized spacial score (nSPS) is 12.8. The average molecular weight is 243 g/mol. The van der Waals surface area contributed by atoms with E-state index in [4.69, 9.17) is 4.74 Å². The third-order valence-electron chi connectivity index (χ3n) is 1.84. The number of rotatable bonds is 6. The van der Waals surface area contributed by atoms with Crippen molar-refractivity contribution in [3.05, 3.63) is 11.6 Å². The predicted octanol–water partition coefficient (Wildman–Crippen LogP) is -0.289. The van der Waals surface area contributed by atoms with E-state index in [1.54, 1.807) is 13.8 Å². The zero-order chi connectivity index (χ0) is 13.6. The lowest BCUT2D eigenvalue weighted by Gasteiger charge is -2.29. The van der Waals surface area contributed by atoms with E-state index in [0.29, 0.717) is 11.0 Å². The van der Waals surface area contributed by atoms with Crippen molar-refractivity contribution in [3.8, 4) is 0 Å². The lowest BCUT2D eigenvalue weighted by Crippen LogP contribution is -2.45. The number of ether oxygens (including phenoxy) is 1. The number of hydrogen-bond donors (Lipinski definition) is 0. The standard InChI is InChI=1S/C12H21NO4/c1-9(2)6-12(16)17-10(7-11(14)15)8-13(3,4)5/h6,10H,7-8H2,1-5H3. The Morgan fingerprint density at radius 1 is 1.29 bits per heavy atom. The smallest absolute Gasteiger partial charge is 0.331 e. The Morgan fingerprint density at radius 3 is 2.18 bits per heavy atom. The lowest BCUT2D eigenvalue weighted by atomic mass is 10.2. The van der Waals surface area contributed by atoms with Crippen molar-refractivity contribution >= 4 is 11.9 Å². The van der Waals surface area contributed by atoms with Crippen molar-refractivity contribution in [1.82, 2.24) is 0 Å². The fraction of sp³-hybridized carbons (Fsp3) is 0.667. The quantitative estimate of drug-likeness (QED) is 0.365. The van der Waals surface area contributed by atoms with E-state index in [1.807, 2.05) is 21.1 Å². The molecule has 0 rings (SSSR count). The van der Waals surface area contributed by atoms with Crippen LogP contribution in [0.1, 0.15) is 20.3 Å². The second-order valence-corrected chi connectivity index (χ2v) is 5.33. The number of carboxylic acids is 1. The van der Waals surface area contributed by atoms with Gasteiger partial charge in [-0.05, 0) is 13.8 Å². The summed E-state index contributed by atoms with van der Waals surface area (Å²) < 4.78 is 5.61. The predicted molar refractivity (Wildman–Crippen MR) is 61.8 cm³/mol. The summed E-state index contributed by atoms with van der Waals surface area (Å²) in [4.78, 5) is 22.0. The maximum Gasteiger partial charge on any atom is 0.331 e. The van der Waals surface area contributed by atoms with Gasteiger partial charge in [0, 0.05) is 18.5 Å². The van der Waals surface area contributed by atoms with E-state index in [1.165, 1.54) is 6.08 Å². The van der Waals surface area contributed by atoms with Gasteiger partial charge in [-0.2, -0.15) is 0 Å². The molecule has 0 aliphatic rings. The van der Waals surface area contributed by atoms with Crippen LogP contribution in [0.25, 0.3) is 0 Å². The molecular weight excluding hydrogens is 222 g/mol. The van der Waals surface area contributed by atoms with Gasteiger partial charge < -0.3 is 19.1 Å². The van der Waals surface area contributed by atoms with Gasteiger partial charge in [0.15, 0.2) is 6.10 Å². The molecule has 0 amide bonds. The first-order valence-corrected chi connectivity index (χ1v) is 5.46. The zero-order valence-corrected chi connectivity index (χ0v) is 11.1. The summed E-state index contributed by atoms with van der Waals surface area (Å²) in [5.74, 6) is -1.72. The van der Waals surface area contributed by atoms with Crippen LogP contribution in [-0.4, -0.2) is 50.2 Å². The van der Waals surface area contributed by atoms with Crippen molar-refractivity contribution in [2.75, 3.05) is 27.7 Å². The van der Waals surface area contributed by atoms with E-state index in [2.05, 4.69) is 0 Å². The molecule has 0 aromatic rings. The van der Waals surface area contributed by atoms with Gasteiger partial charge in [0.2, 0.25) is 0 Å². The molecule has 0 bridgehead atoms. The van der Waals surface area contributed by atoms with Crippen LogP contribution in [-0.2, 0) is 14.3 Å². The van der Waals surface area contributed by atoms with Crippen LogP contribution in [0, 0.1) is 0 Å². The number of esters is 1. The number of quaternary nitrogens is 1. The highest BCUT2D eigenvalue weighted by Gasteiger charge is 2.21. The molecular formula is C12H21NO4. The first-order valence-electron chi connectivity index (χ1n) is 5.46. The summed E-state index contributed by atoms with van der Waals surface area (Å²) in [5, 5.41) is 10.6. The first kappa shape index (κ1) is 15.6. The van der Waals surface area contributed by atoms with Crippen LogP contribution in [0.4, 0.5) is 0 Å². The SMILES string of the molecule is CC(C)=CC(=O)OC(CC(=O)[O-])C[N+](C)(C)C. The van der Waals surface area contributed by atoms with E-state index >= 15 is 0 Å². The maximum atomic E-state index is 11.4. The molecule has 0 fully saturated rings. The van der Waals surface area contributed by atoms with E-state index in [0.717, 1.165) is 5.57 Å². The van der Waals surface area contributed by atoms with Gasteiger partial charge in [-0.25, -0.2) is 4.79 Å². The minimum absolute atomic E-state index is 0.280. The molecule has 0 heterocycles. The van der Waals surface area contributed by atoms with Crippen LogP contribution < -0.4 is 5.11 Å². The molecule has 1 atom stereocenters. The largest absolute Gasteiger partial charge is 0.550 e. The van der Waals surface area contributed by atoms with Gasteiger partial charge in [0.1, 0.15) is 6.54 Å². The van der Waals surface area contributed by atoms with E-state index in [9.17, 15) is 14.7 Å². The molecule has 0 radical (unpaired) electrons. The van der Waals surface area contributed by atoms with Crippen LogP contribution >= 0.6 is 0 Å². The third kappa shape index (κ3) is 9.56. The minimum Gasteiger partial charge on any atom is -0.550 e. The van der Waals surface area contributed by atoms with Gasteiger partial charge in [0.25, 0.3) is 0 Å². The van der Waals surface area contributed by atoms with Crippen LogP contribution in [0.15, 0.2) is 11.6 Å². The summed E-state index contributed by atoms with van der Waals surface area (Å²) in [6.07, 6.45) is 0.401. The fourth-order valence-electron chi connectivity index (χ4n) is 1.37. The lowest BCUT2D eigenvalue weighted by molar-refractivity contribution is -0.873. The van der Waals surface area contributed by atoms with Crippen molar-refractivity contribution in [2.45, 2.75) is 26.4 Å². The zero-order valence-electron chi connectivity index (χ0n) is 11.1. The molecule has 0 spiro atoms. The van der Waals surface area contributed by atoms with Crippen molar-refractivity contribution in [3.63, 3.8) is 0 Å². The highest BCUT2D eigenvalue weighted by atomic mass is 16.5. The van der Waals surface area contributed by atoms with Gasteiger partial charge in [0.05, 0.1) is 21.1 Å². The molecule has 0 saturated carbocycles. The monoisotopic (exact) mass is 243 g/mol. The van der Waals surface area contributed by atoms with Gasteiger partial charge in [-0.1, -0.05) is 5.57 Å². The Bertz CT molecular complexity index is 311. The number of carbonyl (C=O) groups excluding carboxylic acids is 2.